The number of rotatable bonds is 3. The number of nitrogens with one attached hydrogen (secondary N) is 1. The van der Waals surface area contributed by atoms with E-state index in [9.17, 15) is 0 Å². The third-order valence-corrected chi connectivity index (χ3v) is 4.52. The van der Waals surface area contributed by atoms with Gasteiger partial charge in [-0.05, 0) is 12.5 Å². The topological polar surface area (TPSA) is 45.5 Å². The lowest BCUT2D eigenvalue weighted by molar-refractivity contribution is 0.165. The fourth-order valence-electron chi connectivity index (χ4n) is 3.17. The molecule has 0 bridgehead atoms. The van der Waals surface area contributed by atoms with E-state index >= 15 is 0 Å². The average Bonchev–Trinajstić information content (AvgIpc) is 3.01. The van der Waals surface area contributed by atoms with Crippen LogP contribution in [0.2, 0.25) is 0 Å². The Kier molecular flexibility index (Phi) is 3.81. The van der Waals surface area contributed by atoms with Crippen LogP contribution in [0, 0.1) is 0 Å². The first-order chi connectivity index (χ1) is 11.3. The van der Waals surface area contributed by atoms with Gasteiger partial charge in [-0.2, -0.15) is 5.10 Å². The lowest BCUT2D eigenvalue weighted by Crippen LogP contribution is -2.49. The van der Waals surface area contributed by atoms with Crippen LogP contribution in [0.3, 0.4) is 0 Å². The van der Waals surface area contributed by atoms with Crippen molar-refractivity contribution in [2.24, 2.45) is 0 Å². The Morgan fingerprint density at radius 1 is 1.22 bits per heavy atom. The minimum absolute atomic E-state index is 0.553. The van der Waals surface area contributed by atoms with E-state index in [0.29, 0.717) is 6.04 Å². The van der Waals surface area contributed by atoms with Crippen molar-refractivity contribution >= 4 is 5.65 Å². The third-order valence-electron chi connectivity index (χ3n) is 4.52. The second kappa shape index (κ2) is 6.10. The molecule has 23 heavy (non-hydrogen) atoms. The van der Waals surface area contributed by atoms with Gasteiger partial charge in [0.1, 0.15) is 0 Å². The molecular formula is C18H21N5. The minimum atomic E-state index is 0.553. The Balaban J connectivity index is 1.62. The highest BCUT2D eigenvalue weighted by Crippen LogP contribution is 2.23. The summed E-state index contributed by atoms with van der Waals surface area (Å²) in [6, 6.07) is 10.8. The number of aromatic nitrogens is 3. The molecule has 1 aromatic carbocycles. The molecule has 0 amide bonds. The molecule has 4 rings (SSSR count). The van der Waals surface area contributed by atoms with Gasteiger partial charge < -0.3 is 5.32 Å². The first-order valence-electron chi connectivity index (χ1n) is 8.14. The molecule has 0 aliphatic carbocycles. The summed E-state index contributed by atoms with van der Waals surface area (Å²) in [7, 11) is 0. The van der Waals surface area contributed by atoms with Crippen LogP contribution >= 0.6 is 0 Å². The first-order valence-corrected chi connectivity index (χ1v) is 8.14. The van der Waals surface area contributed by atoms with Crippen molar-refractivity contribution in [1.82, 2.24) is 24.8 Å². The summed E-state index contributed by atoms with van der Waals surface area (Å²) < 4.78 is 1.89. The highest BCUT2D eigenvalue weighted by atomic mass is 15.2. The number of nitrogens with zero attached hydrogens (tertiary/aromatic N) is 4. The van der Waals surface area contributed by atoms with Crippen LogP contribution in [0.1, 0.15) is 12.5 Å². The van der Waals surface area contributed by atoms with Crippen molar-refractivity contribution in [2.75, 3.05) is 19.6 Å². The Morgan fingerprint density at radius 2 is 2.09 bits per heavy atom. The molecule has 0 radical (unpaired) electrons. The van der Waals surface area contributed by atoms with Crippen molar-refractivity contribution in [1.29, 1.82) is 0 Å². The largest absolute Gasteiger partial charge is 0.314 e. The molecule has 1 N–H and O–H groups in total. The van der Waals surface area contributed by atoms with Crippen LogP contribution < -0.4 is 5.32 Å². The van der Waals surface area contributed by atoms with Gasteiger partial charge in [-0.1, -0.05) is 30.3 Å². The predicted octanol–water partition coefficient (Wildman–Crippen LogP) is 2.19. The molecule has 5 nitrogen and oxygen atoms in total. The third kappa shape index (κ3) is 2.85. The van der Waals surface area contributed by atoms with E-state index in [0.717, 1.165) is 43.0 Å². The summed E-state index contributed by atoms with van der Waals surface area (Å²) in [6.45, 7) is 6.37. The molecule has 1 fully saturated rings. The zero-order valence-corrected chi connectivity index (χ0v) is 13.3. The van der Waals surface area contributed by atoms with Crippen molar-refractivity contribution in [3.8, 4) is 11.1 Å². The fraction of sp³-hybridized carbons (Fsp3) is 0.333. The molecule has 2 aromatic heterocycles. The zero-order chi connectivity index (χ0) is 15.6. The molecule has 3 aromatic rings. The molecule has 1 unspecified atom stereocenters. The zero-order valence-electron chi connectivity index (χ0n) is 13.3. The molecule has 3 heterocycles. The van der Waals surface area contributed by atoms with Crippen LogP contribution in [0.5, 0.6) is 0 Å². The highest BCUT2D eigenvalue weighted by molar-refractivity contribution is 5.76. The van der Waals surface area contributed by atoms with Gasteiger partial charge in [0.05, 0.1) is 6.20 Å². The maximum absolute atomic E-state index is 4.67. The van der Waals surface area contributed by atoms with E-state index in [1.54, 1.807) is 0 Å². The monoisotopic (exact) mass is 307 g/mol. The van der Waals surface area contributed by atoms with Crippen molar-refractivity contribution in [3.63, 3.8) is 0 Å². The Morgan fingerprint density at radius 3 is 2.91 bits per heavy atom. The van der Waals surface area contributed by atoms with E-state index in [1.807, 2.05) is 35.1 Å². The fourth-order valence-corrected chi connectivity index (χ4v) is 3.17. The Labute approximate surface area is 136 Å². The Hall–Kier alpha value is -2.24. The molecule has 1 atom stereocenters. The Bertz CT molecular complexity index is 796. The van der Waals surface area contributed by atoms with E-state index < -0.39 is 0 Å². The quantitative estimate of drug-likeness (QED) is 0.806. The van der Waals surface area contributed by atoms with Crippen molar-refractivity contribution < 1.29 is 0 Å². The summed E-state index contributed by atoms with van der Waals surface area (Å²) in [5, 5.41) is 7.92. The van der Waals surface area contributed by atoms with Gasteiger partial charge in [0.25, 0.3) is 0 Å². The number of fused-ring (bicyclic) bond motifs is 1. The number of benzene rings is 1. The summed E-state index contributed by atoms with van der Waals surface area (Å²) in [6.07, 6.45) is 5.98. The standard InChI is InChI=1S/C18H21N5/c1-14-9-19-7-8-22(14)12-15-10-20-18-17(11-21-23(18)13-15)16-5-3-2-4-6-16/h2-6,10-11,13-14,19H,7-9,12H2,1H3. The van der Waals surface area contributed by atoms with Gasteiger partial charge in [0.15, 0.2) is 5.65 Å². The van der Waals surface area contributed by atoms with Gasteiger partial charge in [-0.25, -0.2) is 9.50 Å². The van der Waals surface area contributed by atoms with E-state index in [2.05, 4.69) is 45.6 Å². The summed E-state index contributed by atoms with van der Waals surface area (Å²) in [4.78, 5) is 7.15. The average molecular weight is 307 g/mol. The molecular weight excluding hydrogens is 286 g/mol. The first kappa shape index (κ1) is 14.4. The predicted molar refractivity (Wildman–Crippen MR) is 91.2 cm³/mol. The molecule has 1 saturated heterocycles. The number of hydrogen-bond donors (Lipinski definition) is 1. The van der Waals surface area contributed by atoms with E-state index in [1.165, 1.54) is 5.56 Å². The summed E-state index contributed by atoms with van der Waals surface area (Å²) in [5.41, 5.74) is 4.34. The number of hydrogen-bond acceptors (Lipinski definition) is 4. The molecule has 0 saturated carbocycles. The normalized spacial score (nSPS) is 19.3. The molecule has 0 spiro atoms. The minimum Gasteiger partial charge on any atom is -0.314 e. The smallest absolute Gasteiger partial charge is 0.162 e. The van der Waals surface area contributed by atoms with E-state index in [-0.39, 0.29) is 0 Å². The SMILES string of the molecule is CC1CNCCN1Cc1cnc2c(-c3ccccc3)cnn2c1. The molecule has 5 heteroatoms. The summed E-state index contributed by atoms with van der Waals surface area (Å²) in [5.74, 6) is 0. The number of piperazine rings is 1. The van der Waals surface area contributed by atoms with E-state index in [4.69, 9.17) is 0 Å². The van der Waals surface area contributed by atoms with Crippen molar-refractivity contribution in [2.45, 2.75) is 19.5 Å². The van der Waals surface area contributed by atoms with Crippen molar-refractivity contribution in [3.05, 3.63) is 54.5 Å². The maximum atomic E-state index is 4.67. The lowest BCUT2D eigenvalue weighted by Gasteiger charge is -2.33. The second-order valence-corrected chi connectivity index (χ2v) is 6.18. The molecule has 1 aliphatic rings. The van der Waals surface area contributed by atoms with Gasteiger partial charge in [0.2, 0.25) is 0 Å². The van der Waals surface area contributed by atoms with Gasteiger partial charge in [-0.15, -0.1) is 0 Å². The second-order valence-electron chi connectivity index (χ2n) is 6.18. The maximum Gasteiger partial charge on any atom is 0.162 e. The van der Waals surface area contributed by atoms with Crippen LogP contribution in [-0.2, 0) is 6.54 Å². The van der Waals surface area contributed by atoms with Crippen LogP contribution in [0.15, 0.2) is 48.9 Å². The van der Waals surface area contributed by atoms with Crippen LogP contribution in [0.4, 0.5) is 0 Å². The van der Waals surface area contributed by atoms with Crippen LogP contribution in [-0.4, -0.2) is 45.2 Å². The molecule has 118 valence electrons. The van der Waals surface area contributed by atoms with Gasteiger partial charge >= 0.3 is 0 Å². The lowest BCUT2D eigenvalue weighted by atomic mass is 10.1. The van der Waals surface area contributed by atoms with Crippen LogP contribution in [0.25, 0.3) is 16.8 Å². The summed E-state index contributed by atoms with van der Waals surface area (Å²) >= 11 is 0. The van der Waals surface area contributed by atoms with Gasteiger partial charge in [-0.3, -0.25) is 4.90 Å². The van der Waals surface area contributed by atoms with Gasteiger partial charge in [0, 0.05) is 55.7 Å². The molecule has 1 aliphatic heterocycles. The highest BCUT2D eigenvalue weighted by Gasteiger charge is 2.18.